The van der Waals surface area contributed by atoms with E-state index in [1.54, 1.807) is 0 Å². The van der Waals surface area contributed by atoms with Gasteiger partial charge < -0.3 is 10.1 Å². The van der Waals surface area contributed by atoms with Crippen LogP contribution in [0.4, 0.5) is 0 Å². The van der Waals surface area contributed by atoms with Crippen LogP contribution in [0.2, 0.25) is 0 Å². The monoisotopic (exact) mass is 238 g/mol. The first kappa shape index (κ1) is 11.9. The summed E-state index contributed by atoms with van der Waals surface area (Å²) < 4.78 is 6.01. The predicted molar refractivity (Wildman–Crippen MR) is 69.1 cm³/mol. The van der Waals surface area contributed by atoms with Gasteiger partial charge in [-0.3, -0.25) is 4.90 Å². The summed E-state index contributed by atoms with van der Waals surface area (Å²) in [6, 6.07) is 1.38. The van der Waals surface area contributed by atoms with E-state index in [2.05, 4.69) is 24.1 Å². The Morgan fingerprint density at radius 1 is 1.29 bits per heavy atom. The number of ether oxygens (including phenoxy) is 1. The van der Waals surface area contributed by atoms with Gasteiger partial charge in [0.05, 0.1) is 12.2 Å². The van der Waals surface area contributed by atoms with Crippen molar-refractivity contribution in [3.63, 3.8) is 0 Å². The molecule has 3 nitrogen and oxygen atoms in total. The zero-order valence-corrected chi connectivity index (χ0v) is 11.2. The lowest BCUT2D eigenvalue weighted by Crippen LogP contribution is -2.48. The molecule has 3 rings (SSSR count). The quantitative estimate of drug-likeness (QED) is 0.791. The van der Waals surface area contributed by atoms with Crippen molar-refractivity contribution in [1.82, 2.24) is 10.2 Å². The summed E-state index contributed by atoms with van der Waals surface area (Å²) in [7, 11) is 0. The molecule has 4 atom stereocenters. The maximum Gasteiger partial charge on any atom is 0.0735 e. The van der Waals surface area contributed by atoms with E-state index in [0.717, 1.165) is 12.0 Å². The van der Waals surface area contributed by atoms with Gasteiger partial charge in [-0.15, -0.1) is 0 Å². The second-order valence-electron chi connectivity index (χ2n) is 6.33. The van der Waals surface area contributed by atoms with E-state index in [4.69, 9.17) is 4.74 Å². The van der Waals surface area contributed by atoms with E-state index in [-0.39, 0.29) is 0 Å². The molecule has 0 aromatic heterocycles. The van der Waals surface area contributed by atoms with Gasteiger partial charge in [-0.25, -0.2) is 0 Å². The van der Waals surface area contributed by atoms with Gasteiger partial charge in [-0.1, -0.05) is 13.8 Å². The summed E-state index contributed by atoms with van der Waals surface area (Å²) in [5, 5.41) is 3.70. The van der Waals surface area contributed by atoms with E-state index in [9.17, 15) is 0 Å². The van der Waals surface area contributed by atoms with Crippen LogP contribution in [-0.2, 0) is 4.74 Å². The molecule has 3 saturated heterocycles. The van der Waals surface area contributed by atoms with Gasteiger partial charge in [0.25, 0.3) is 0 Å². The van der Waals surface area contributed by atoms with Crippen molar-refractivity contribution in [2.75, 3.05) is 19.6 Å². The molecule has 0 radical (unpaired) electrons. The molecule has 0 aliphatic carbocycles. The van der Waals surface area contributed by atoms with E-state index in [1.807, 2.05) is 0 Å². The van der Waals surface area contributed by atoms with Gasteiger partial charge >= 0.3 is 0 Å². The minimum atomic E-state index is 0.547. The van der Waals surface area contributed by atoms with Crippen LogP contribution in [0.25, 0.3) is 0 Å². The lowest BCUT2D eigenvalue weighted by atomic mass is 9.93. The Labute approximate surface area is 105 Å². The Balaban J connectivity index is 1.65. The Morgan fingerprint density at radius 3 is 2.82 bits per heavy atom. The van der Waals surface area contributed by atoms with Gasteiger partial charge in [-0.05, 0) is 44.7 Å². The first-order valence-corrected chi connectivity index (χ1v) is 7.37. The van der Waals surface area contributed by atoms with Gasteiger partial charge in [0.15, 0.2) is 0 Å². The summed E-state index contributed by atoms with van der Waals surface area (Å²) in [5.41, 5.74) is 0. The molecule has 3 heterocycles. The van der Waals surface area contributed by atoms with E-state index < -0.39 is 0 Å². The summed E-state index contributed by atoms with van der Waals surface area (Å²) in [4.78, 5) is 2.72. The van der Waals surface area contributed by atoms with Gasteiger partial charge in [-0.2, -0.15) is 0 Å². The predicted octanol–water partition coefficient (Wildman–Crippen LogP) is 1.63. The molecular weight excluding hydrogens is 212 g/mol. The first-order valence-electron chi connectivity index (χ1n) is 7.37. The molecule has 3 heteroatoms. The second-order valence-corrected chi connectivity index (χ2v) is 6.33. The average Bonchev–Trinajstić information content (AvgIpc) is 2.84. The Morgan fingerprint density at radius 2 is 2.18 bits per heavy atom. The maximum atomic E-state index is 6.01. The van der Waals surface area contributed by atoms with Crippen molar-refractivity contribution < 1.29 is 4.74 Å². The summed E-state index contributed by atoms with van der Waals surface area (Å²) >= 11 is 0. The van der Waals surface area contributed by atoms with Crippen molar-refractivity contribution >= 4 is 0 Å². The number of nitrogens with one attached hydrogen (secondary N) is 1. The van der Waals surface area contributed by atoms with Gasteiger partial charge in [0.1, 0.15) is 0 Å². The third-order valence-electron chi connectivity index (χ3n) is 4.81. The van der Waals surface area contributed by atoms with Gasteiger partial charge in [0.2, 0.25) is 0 Å². The molecule has 0 aromatic rings. The first-order chi connectivity index (χ1) is 8.24. The van der Waals surface area contributed by atoms with Crippen molar-refractivity contribution in [2.45, 2.75) is 63.8 Å². The summed E-state index contributed by atoms with van der Waals surface area (Å²) in [6.07, 6.45) is 6.31. The molecule has 98 valence electrons. The van der Waals surface area contributed by atoms with Crippen LogP contribution in [0, 0.1) is 5.92 Å². The molecule has 3 fully saturated rings. The Bertz CT molecular complexity index is 269. The topological polar surface area (TPSA) is 24.5 Å². The zero-order valence-electron chi connectivity index (χ0n) is 11.2. The fourth-order valence-corrected chi connectivity index (χ4v) is 3.72. The number of fused-ring (bicyclic) bond motifs is 2. The number of hydrogen-bond acceptors (Lipinski definition) is 3. The molecule has 0 aromatic carbocycles. The lowest BCUT2D eigenvalue weighted by molar-refractivity contribution is 0.0676. The van der Waals surface area contributed by atoms with E-state index in [0.29, 0.717) is 18.2 Å². The average molecular weight is 238 g/mol. The molecule has 2 bridgehead atoms. The molecule has 3 aliphatic heterocycles. The third kappa shape index (κ3) is 2.38. The fraction of sp³-hybridized carbons (Fsp3) is 1.00. The number of hydrogen-bond donors (Lipinski definition) is 1. The highest BCUT2D eigenvalue weighted by molar-refractivity contribution is 4.97. The number of rotatable bonds is 2. The second kappa shape index (κ2) is 4.87. The van der Waals surface area contributed by atoms with Crippen LogP contribution in [-0.4, -0.2) is 48.8 Å². The molecule has 1 N–H and O–H groups in total. The Kier molecular flexibility index (Phi) is 3.42. The normalized spacial score (nSPS) is 43.2. The Hall–Kier alpha value is -0.120. The van der Waals surface area contributed by atoms with Crippen LogP contribution in [0.1, 0.15) is 39.5 Å². The summed E-state index contributed by atoms with van der Waals surface area (Å²) in [5.74, 6) is 0.732. The van der Waals surface area contributed by atoms with Crippen LogP contribution in [0.3, 0.4) is 0 Å². The van der Waals surface area contributed by atoms with Gasteiger partial charge in [0, 0.05) is 18.6 Å². The van der Waals surface area contributed by atoms with Crippen LogP contribution in [0.15, 0.2) is 0 Å². The maximum absolute atomic E-state index is 6.01. The van der Waals surface area contributed by atoms with Crippen molar-refractivity contribution in [1.29, 1.82) is 0 Å². The molecule has 17 heavy (non-hydrogen) atoms. The fourth-order valence-electron chi connectivity index (χ4n) is 3.72. The van der Waals surface area contributed by atoms with E-state index >= 15 is 0 Å². The van der Waals surface area contributed by atoms with E-state index in [1.165, 1.54) is 45.3 Å². The van der Waals surface area contributed by atoms with Crippen LogP contribution < -0.4 is 5.32 Å². The third-order valence-corrected chi connectivity index (χ3v) is 4.81. The lowest BCUT2D eigenvalue weighted by Gasteiger charge is -2.34. The van der Waals surface area contributed by atoms with Crippen molar-refractivity contribution in [2.24, 2.45) is 5.92 Å². The summed E-state index contributed by atoms with van der Waals surface area (Å²) in [6.45, 7) is 8.32. The minimum Gasteiger partial charge on any atom is -0.373 e. The zero-order chi connectivity index (χ0) is 11.8. The van der Waals surface area contributed by atoms with Crippen LogP contribution >= 0.6 is 0 Å². The molecule has 0 saturated carbocycles. The molecular formula is C14H26N2O. The largest absolute Gasteiger partial charge is 0.373 e. The van der Waals surface area contributed by atoms with Crippen LogP contribution in [0.5, 0.6) is 0 Å². The molecule has 0 spiro atoms. The smallest absolute Gasteiger partial charge is 0.0735 e. The molecule has 4 unspecified atom stereocenters. The highest BCUT2D eigenvalue weighted by Crippen LogP contribution is 2.37. The minimum absolute atomic E-state index is 0.547. The SMILES string of the molecule is CC(C)C1CN(C2CC3CCC2O3)CCCN1. The highest BCUT2D eigenvalue weighted by Gasteiger charge is 2.44. The van der Waals surface area contributed by atoms with Crippen molar-refractivity contribution in [3.05, 3.63) is 0 Å². The molecule has 3 aliphatic rings. The molecule has 0 amide bonds. The highest BCUT2D eigenvalue weighted by atomic mass is 16.5. The number of nitrogens with zero attached hydrogens (tertiary/aromatic N) is 1. The van der Waals surface area contributed by atoms with Crippen molar-refractivity contribution in [3.8, 4) is 0 Å². The standard InChI is InChI=1S/C14H26N2O/c1-10(2)12-9-16(7-3-6-15-12)13-8-11-4-5-14(13)17-11/h10-15H,3-9H2,1-2H3.